The molecule has 1 saturated carbocycles. The van der Waals surface area contributed by atoms with E-state index in [1.165, 1.54) is 23.6 Å². The topological polar surface area (TPSA) is 37.3 Å². The minimum absolute atomic E-state index is 0.311. The van der Waals surface area contributed by atoms with Gasteiger partial charge in [0.25, 0.3) is 0 Å². The van der Waals surface area contributed by atoms with Crippen molar-refractivity contribution < 1.29 is 9.90 Å². The van der Waals surface area contributed by atoms with E-state index in [4.69, 9.17) is 5.11 Å². The zero-order valence-corrected chi connectivity index (χ0v) is 12.4. The summed E-state index contributed by atoms with van der Waals surface area (Å²) in [5, 5.41) is 8.83. The Morgan fingerprint density at radius 1 is 1.21 bits per heavy atom. The molecule has 1 aromatic rings. The zero-order chi connectivity index (χ0) is 13.5. The molecule has 1 fully saturated rings. The number of carbonyl (C=O) groups is 1. The number of carboxylic acid groups (broad SMARTS) is 1. The number of aliphatic carboxylic acids is 1. The lowest BCUT2D eigenvalue weighted by Crippen LogP contribution is -2.27. The summed E-state index contributed by atoms with van der Waals surface area (Å²) in [5.41, 5.74) is 4.39. The Morgan fingerprint density at radius 3 is 2.58 bits per heavy atom. The second-order valence-corrected chi connectivity index (χ2v) is 6.64. The molecule has 19 heavy (non-hydrogen) atoms. The molecule has 1 aromatic carbocycles. The van der Waals surface area contributed by atoms with E-state index in [0.717, 1.165) is 42.1 Å². The Kier molecular flexibility index (Phi) is 3.25. The van der Waals surface area contributed by atoms with Crippen molar-refractivity contribution in [1.29, 1.82) is 0 Å². The van der Waals surface area contributed by atoms with Crippen molar-refractivity contribution >= 4 is 21.9 Å². The van der Waals surface area contributed by atoms with Crippen molar-refractivity contribution in [3.8, 4) is 0 Å². The highest BCUT2D eigenvalue weighted by atomic mass is 79.9. The Hall–Kier alpha value is -1.09. The van der Waals surface area contributed by atoms with Crippen LogP contribution in [0.1, 0.15) is 43.2 Å². The van der Waals surface area contributed by atoms with Gasteiger partial charge in [0.2, 0.25) is 0 Å². The van der Waals surface area contributed by atoms with Gasteiger partial charge in [0.1, 0.15) is 0 Å². The molecule has 2 aliphatic carbocycles. The molecule has 3 heteroatoms. The molecular weight excluding hydrogens is 304 g/mol. The van der Waals surface area contributed by atoms with Crippen LogP contribution in [-0.2, 0) is 16.6 Å². The van der Waals surface area contributed by atoms with Gasteiger partial charge >= 0.3 is 5.97 Å². The van der Waals surface area contributed by atoms with E-state index in [0.29, 0.717) is 5.41 Å². The molecule has 1 N–H and O–H groups in total. The first-order chi connectivity index (χ1) is 9.09. The normalized spacial score (nSPS) is 25.4. The number of aryl methyl sites for hydroxylation is 1. The Bertz CT molecular complexity index is 550. The van der Waals surface area contributed by atoms with Gasteiger partial charge in [0, 0.05) is 10.5 Å². The van der Waals surface area contributed by atoms with E-state index in [9.17, 15) is 4.79 Å². The molecule has 0 unspecified atom stereocenters. The summed E-state index contributed by atoms with van der Waals surface area (Å²) in [6, 6.07) is 6.64. The SMILES string of the molecule is O=C(O)C=C1CCC2(CC1)CCc1cc(Br)ccc12. The third-order valence-electron chi connectivity index (χ3n) is 4.69. The molecule has 1 spiro atoms. The summed E-state index contributed by atoms with van der Waals surface area (Å²) < 4.78 is 1.16. The highest BCUT2D eigenvalue weighted by Gasteiger charge is 2.40. The second kappa shape index (κ2) is 4.78. The van der Waals surface area contributed by atoms with Gasteiger partial charge in [0.05, 0.1) is 0 Å². The summed E-state index contributed by atoms with van der Waals surface area (Å²) >= 11 is 3.54. The molecule has 2 nitrogen and oxygen atoms in total. The quantitative estimate of drug-likeness (QED) is 0.787. The van der Waals surface area contributed by atoms with Crippen molar-refractivity contribution in [2.75, 3.05) is 0 Å². The Morgan fingerprint density at radius 2 is 1.89 bits per heavy atom. The van der Waals surface area contributed by atoms with Gasteiger partial charge in [-0.15, -0.1) is 0 Å². The summed E-state index contributed by atoms with van der Waals surface area (Å²) in [7, 11) is 0. The Balaban J connectivity index is 1.84. The summed E-state index contributed by atoms with van der Waals surface area (Å²) in [6.45, 7) is 0. The maximum atomic E-state index is 10.7. The lowest BCUT2D eigenvalue weighted by Gasteiger charge is -2.35. The number of benzene rings is 1. The van der Waals surface area contributed by atoms with E-state index in [1.54, 1.807) is 0 Å². The summed E-state index contributed by atoms with van der Waals surface area (Å²) in [4.78, 5) is 10.7. The molecule has 0 bridgehead atoms. The third-order valence-corrected chi connectivity index (χ3v) is 5.18. The van der Waals surface area contributed by atoms with Gasteiger partial charge < -0.3 is 5.11 Å². The number of rotatable bonds is 1. The van der Waals surface area contributed by atoms with E-state index in [-0.39, 0.29) is 0 Å². The average Bonchev–Trinajstić information content (AvgIpc) is 2.70. The minimum Gasteiger partial charge on any atom is -0.478 e. The molecule has 3 rings (SSSR count). The molecule has 0 radical (unpaired) electrons. The average molecular weight is 321 g/mol. The standard InChI is InChI=1S/C16H17BrO2/c17-13-1-2-14-12(10-13)5-8-16(14)6-3-11(4-7-16)9-15(18)19/h1-2,9-10H,3-8H2,(H,18,19). The molecule has 0 aliphatic heterocycles. The van der Waals surface area contributed by atoms with Crippen LogP contribution in [0.15, 0.2) is 34.3 Å². The summed E-state index contributed by atoms with van der Waals surface area (Å²) in [5.74, 6) is -0.804. The van der Waals surface area contributed by atoms with Crippen LogP contribution in [0.3, 0.4) is 0 Å². The molecule has 100 valence electrons. The number of hydrogen-bond donors (Lipinski definition) is 1. The van der Waals surface area contributed by atoms with Crippen LogP contribution in [0.5, 0.6) is 0 Å². The molecule has 0 aromatic heterocycles. The van der Waals surface area contributed by atoms with Gasteiger partial charge in [-0.05, 0) is 67.2 Å². The monoisotopic (exact) mass is 320 g/mol. The molecule has 2 aliphatic rings. The lowest BCUT2D eigenvalue weighted by molar-refractivity contribution is -0.131. The van der Waals surface area contributed by atoms with E-state index >= 15 is 0 Å². The maximum Gasteiger partial charge on any atom is 0.328 e. The fraction of sp³-hybridized carbons (Fsp3) is 0.438. The largest absolute Gasteiger partial charge is 0.478 e. The predicted molar refractivity (Wildman–Crippen MR) is 78.3 cm³/mol. The smallest absolute Gasteiger partial charge is 0.328 e. The first-order valence-electron chi connectivity index (χ1n) is 6.80. The van der Waals surface area contributed by atoms with E-state index in [1.807, 2.05) is 0 Å². The third kappa shape index (κ3) is 2.36. The van der Waals surface area contributed by atoms with Crippen molar-refractivity contribution in [3.63, 3.8) is 0 Å². The van der Waals surface area contributed by atoms with Gasteiger partial charge in [-0.25, -0.2) is 4.79 Å². The van der Waals surface area contributed by atoms with Crippen LogP contribution in [-0.4, -0.2) is 11.1 Å². The van der Waals surface area contributed by atoms with Crippen LogP contribution in [0.4, 0.5) is 0 Å². The highest BCUT2D eigenvalue weighted by Crippen LogP contribution is 2.50. The van der Waals surface area contributed by atoms with Crippen LogP contribution < -0.4 is 0 Å². The molecular formula is C16H17BrO2. The van der Waals surface area contributed by atoms with Gasteiger partial charge in [-0.3, -0.25) is 0 Å². The van der Waals surface area contributed by atoms with Crippen molar-refractivity contribution in [2.45, 2.75) is 43.9 Å². The van der Waals surface area contributed by atoms with Gasteiger partial charge in [0.15, 0.2) is 0 Å². The molecule has 0 saturated heterocycles. The molecule has 0 amide bonds. The maximum absolute atomic E-state index is 10.7. The summed E-state index contributed by atoms with van der Waals surface area (Å²) in [6.07, 6.45) is 7.85. The Labute approximate surface area is 121 Å². The number of halogens is 1. The van der Waals surface area contributed by atoms with Crippen molar-refractivity contribution in [2.24, 2.45) is 0 Å². The van der Waals surface area contributed by atoms with Crippen LogP contribution in [0, 0.1) is 0 Å². The minimum atomic E-state index is -0.804. The fourth-order valence-corrected chi connectivity index (χ4v) is 4.09. The van der Waals surface area contributed by atoms with Crippen LogP contribution in [0.2, 0.25) is 0 Å². The van der Waals surface area contributed by atoms with Crippen LogP contribution in [0.25, 0.3) is 0 Å². The van der Waals surface area contributed by atoms with Gasteiger partial charge in [-0.1, -0.05) is 27.6 Å². The highest BCUT2D eigenvalue weighted by molar-refractivity contribution is 9.10. The van der Waals surface area contributed by atoms with Crippen molar-refractivity contribution in [3.05, 3.63) is 45.4 Å². The van der Waals surface area contributed by atoms with E-state index < -0.39 is 5.97 Å². The first kappa shape index (κ1) is 12.9. The van der Waals surface area contributed by atoms with Crippen LogP contribution >= 0.6 is 15.9 Å². The number of carboxylic acids is 1. The lowest BCUT2D eigenvalue weighted by atomic mass is 9.69. The van der Waals surface area contributed by atoms with E-state index in [2.05, 4.69) is 34.1 Å². The number of hydrogen-bond acceptors (Lipinski definition) is 1. The predicted octanol–water partition coefficient (Wildman–Crippen LogP) is 4.22. The first-order valence-corrected chi connectivity index (χ1v) is 7.60. The fourth-order valence-electron chi connectivity index (χ4n) is 3.68. The molecule has 0 atom stereocenters. The van der Waals surface area contributed by atoms with Crippen molar-refractivity contribution in [1.82, 2.24) is 0 Å². The second-order valence-electron chi connectivity index (χ2n) is 5.72. The zero-order valence-electron chi connectivity index (χ0n) is 10.8. The number of fused-ring (bicyclic) bond motifs is 2. The molecule has 0 heterocycles. The number of allylic oxidation sites excluding steroid dienone is 1. The van der Waals surface area contributed by atoms with Gasteiger partial charge in [-0.2, -0.15) is 0 Å².